The van der Waals surface area contributed by atoms with Crippen LogP contribution in [0.5, 0.6) is 0 Å². The number of amides is 2. The molecule has 1 unspecified atom stereocenters. The lowest BCUT2D eigenvalue weighted by Gasteiger charge is -2.22. The van der Waals surface area contributed by atoms with Crippen LogP contribution in [0, 0.1) is 5.41 Å². The molecule has 1 saturated heterocycles. The molecule has 4 aromatic rings. The molecular weight excluding hydrogens is 454 g/mol. The van der Waals surface area contributed by atoms with Crippen molar-refractivity contribution in [2.45, 2.75) is 25.3 Å². The molecule has 1 saturated carbocycles. The number of aromatic nitrogens is 4. The highest BCUT2D eigenvalue weighted by Crippen LogP contribution is 2.58. The second-order valence-corrected chi connectivity index (χ2v) is 9.49. The number of imidazole rings is 1. The van der Waals surface area contributed by atoms with Crippen LogP contribution < -0.4 is 11.1 Å². The summed E-state index contributed by atoms with van der Waals surface area (Å²) in [4.78, 5) is 41.0. The van der Waals surface area contributed by atoms with Gasteiger partial charge in [-0.25, -0.2) is 15.0 Å². The molecule has 0 radical (unpaired) electrons. The van der Waals surface area contributed by atoms with Gasteiger partial charge < -0.3 is 16.0 Å². The first-order chi connectivity index (χ1) is 17.5. The number of anilines is 2. The molecule has 180 valence electrons. The molecule has 4 heterocycles. The summed E-state index contributed by atoms with van der Waals surface area (Å²) in [5.41, 5.74) is 8.96. The molecule has 9 nitrogen and oxygen atoms in total. The van der Waals surface area contributed by atoms with Gasteiger partial charge >= 0.3 is 0 Å². The summed E-state index contributed by atoms with van der Waals surface area (Å²) >= 11 is 0. The zero-order valence-corrected chi connectivity index (χ0v) is 19.6. The summed E-state index contributed by atoms with van der Waals surface area (Å²) in [6.45, 7) is 4.40. The maximum absolute atomic E-state index is 12.9. The minimum atomic E-state index is -0.278. The Morgan fingerprint density at radius 1 is 1.14 bits per heavy atom. The maximum atomic E-state index is 12.9. The van der Waals surface area contributed by atoms with Crippen molar-refractivity contribution in [3.05, 3.63) is 85.1 Å². The average Bonchev–Trinajstić information content (AvgIpc) is 3.38. The molecule has 2 fully saturated rings. The first-order valence-corrected chi connectivity index (χ1v) is 11.9. The van der Waals surface area contributed by atoms with Crippen LogP contribution in [-0.4, -0.2) is 42.6 Å². The number of nitrogen functional groups attached to an aromatic ring is 1. The van der Waals surface area contributed by atoms with Crippen molar-refractivity contribution < 1.29 is 9.59 Å². The summed E-state index contributed by atoms with van der Waals surface area (Å²) < 4.78 is 1.92. The number of hydrogen-bond acceptors (Lipinski definition) is 6. The van der Waals surface area contributed by atoms with Crippen LogP contribution in [0.25, 0.3) is 16.8 Å². The molecule has 3 N–H and O–H groups in total. The highest BCUT2D eigenvalue weighted by molar-refractivity contribution is 6.04. The molecule has 6 rings (SSSR count). The minimum absolute atomic E-state index is 0.0997. The lowest BCUT2D eigenvalue weighted by atomic mass is 10.0. The highest BCUT2D eigenvalue weighted by atomic mass is 16.2. The van der Waals surface area contributed by atoms with Crippen molar-refractivity contribution in [3.8, 4) is 11.3 Å². The zero-order chi connectivity index (χ0) is 24.9. The van der Waals surface area contributed by atoms with E-state index in [-0.39, 0.29) is 23.3 Å². The van der Waals surface area contributed by atoms with E-state index in [4.69, 9.17) is 10.7 Å². The van der Waals surface area contributed by atoms with Crippen LogP contribution in [0.2, 0.25) is 0 Å². The number of likely N-dealkylation sites (tertiary alicyclic amines) is 1. The van der Waals surface area contributed by atoms with Gasteiger partial charge in [0.15, 0.2) is 0 Å². The molecule has 2 amide bonds. The number of fused-ring (bicyclic) bond motifs is 1. The predicted molar refractivity (Wildman–Crippen MR) is 136 cm³/mol. The quantitative estimate of drug-likeness (QED) is 0.420. The molecule has 3 aromatic heterocycles. The van der Waals surface area contributed by atoms with Gasteiger partial charge in [0.25, 0.3) is 5.91 Å². The second-order valence-electron chi connectivity index (χ2n) is 9.49. The van der Waals surface area contributed by atoms with E-state index in [1.54, 1.807) is 36.7 Å². The number of nitrogens with two attached hydrogens (primary N) is 1. The van der Waals surface area contributed by atoms with Crippen molar-refractivity contribution in [3.63, 3.8) is 0 Å². The molecule has 9 heteroatoms. The Balaban J connectivity index is 1.42. The summed E-state index contributed by atoms with van der Waals surface area (Å²) in [6.07, 6.45) is 9.51. The lowest BCUT2D eigenvalue weighted by Crippen LogP contribution is -2.30. The fourth-order valence-electron chi connectivity index (χ4n) is 5.13. The van der Waals surface area contributed by atoms with E-state index in [2.05, 4.69) is 21.9 Å². The van der Waals surface area contributed by atoms with Gasteiger partial charge in [-0.05, 0) is 55.0 Å². The summed E-state index contributed by atoms with van der Waals surface area (Å²) in [5.74, 6) is 1.15. The normalized spacial score (nSPS) is 17.9. The topological polar surface area (TPSA) is 119 Å². The Morgan fingerprint density at radius 2 is 2.00 bits per heavy atom. The Bertz CT molecular complexity index is 1510. The summed E-state index contributed by atoms with van der Waals surface area (Å²) in [7, 11) is 0. The molecule has 1 aromatic carbocycles. The van der Waals surface area contributed by atoms with Crippen molar-refractivity contribution >= 4 is 29.0 Å². The molecule has 36 heavy (non-hydrogen) atoms. The molecule has 1 spiro atoms. The zero-order valence-electron chi connectivity index (χ0n) is 19.6. The number of carbonyl (C=O) groups is 2. The standard InChI is InChI=1S/C27H25N7O2/c1-2-21(35)34-16-27(9-10-27)15-19(34)25-32-22(23-24(28)30-12-13-33(23)25)17-6-5-7-18(14-17)26(36)31-20-8-3-4-11-29-20/h2-8,11-14,19H,1,9-10,15-16H2,(H2,28,30)(H,29,31,36). The Morgan fingerprint density at radius 3 is 2.75 bits per heavy atom. The average molecular weight is 480 g/mol. The largest absolute Gasteiger partial charge is 0.382 e. The van der Waals surface area contributed by atoms with Crippen LogP contribution in [0.3, 0.4) is 0 Å². The van der Waals surface area contributed by atoms with Crippen LogP contribution >= 0.6 is 0 Å². The summed E-state index contributed by atoms with van der Waals surface area (Å²) in [5, 5.41) is 2.81. The van der Waals surface area contributed by atoms with Crippen molar-refractivity contribution in [1.82, 2.24) is 24.3 Å². The third-order valence-electron chi connectivity index (χ3n) is 7.14. The van der Waals surface area contributed by atoms with Gasteiger partial charge in [0.1, 0.15) is 28.7 Å². The number of benzene rings is 1. The van der Waals surface area contributed by atoms with E-state index in [1.807, 2.05) is 33.7 Å². The van der Waals surface area contributed by atoms with Gasteiger partial charge in [0.2, 0.25) is 5.91 Å². The number of rotatable bonds is 5. The molecule has 1 aliphatic carbocycles. The van der Waals surface area contributed by atoms with E-state index in [0.717, 1.165) is 30.7 Å². The first kappa shape index (κ1) is 22.0. The van der Waals surface area contributed by atoms with E-state index in [1.165, 1.54) is 6.08 Å². The lowest BCUT2D eigenvalue weighted by molar-refractivity contribution is -0.127. The number of pyridine rings is 1. The van der Waals surface area contributed by atoms with Crippen LogP contribution in [0.1, 0.15) is 41.5 Å². The smallest absolute Gasteiger partial charge is 0.256 e. The van der Waals surface area contributed by atoms with Crippen molar-refractivity contribution in [2.75, 3.05) is 17.6 Å². The van der Waals surface area contributed by atoms with Crippen LogP contribution in [0.4, 0.5) is 11.6 Å². The minimum Gasteiger partial charge on any atom is -0.382 e. The fraction of sp³-hybridized carbons (Fsp3) is 0.222. The van der Waals surface area contributed by atoms with E-state index in [0.29, 0.717) is 35.0 Å². The van der Waals surface area contributed by atoms with Gasteiger partial charge in [-0.2, -0.15) is 0 Å². The molecule has 2 aliphatic rings. The Labute approximate surface area is 207 Å². The number of hydrogen-bond donors (Lipinski definition) is 2. The Hall–Kier alpha value is -4.53. The molecule has 1 aliphatic heterocycles. The second kappa shape index (κ2) is 8.30. The van der Waals surface area contributed by atoms with Crippen LogP contribution in [0.15, 0.2) is 73.7 Å². The third kappa shape index (κ3) is 3.69. The Kier molecular flexibility index (Phi) is 5.06. The van der Waals surface area contributed by atoms with Crippen LogP contribution in [-0.2, 0) is 4.79 Å². The monoisotopic (exact) mass is 479 g/mol. The van der Waals surface area contributed by atoms with Gasteiger partial charge in [-0.3, -0.25) is 14.0 Å². The third-order valence-corrected chi connectivity index (χ3v) is 7.14. The van der Waals surface area contributed by atoms with Gasteiger partial charge in [-0.15, -0.1) is 0 Å². The van der Waals surface area contributed by atoms with E-state index < -0.39 is 0 Å². The molecule has 0 bridgehead atoms. The molecule has 1 atom stereocenters. The van der Waals surface area contributed by atoms with Gasteiger partial charge in [0.05, 0.1) is 6.04 Å². The first-order valence-electron chi connectivity index (χ1n) is 11.9. The molecular formula is C27H25N7O2. The van der Waals surface area contributed by atoms with Gasteiger partial charge in [0, 0.05) is 36.3 Å². The van der Waals surface area contributed by atoms with Gasteiger partial charge in [-0.1, -0.05) is 24.8 Å². The highest BCUT2D eigenvalue weighted by Gasteiger charge is 2.54. The SMILES string of the molecule is C=CC(=O)N1CC2(CC2)CC1c1nc(-c2cccc(C(=O)Nc3ccccn3)c2)c2c(N)nccn12. The van der Waals surface area contributed by atoms with E-state index >= 15 is 0 Å². The maximum Gasteiger partial charge on any atom is 0.256 e. The number of carbonyl (C=O) groups excluding carboxylic acids is 2. The predicted octanol–water partition coefficient (Wildman–Crippen LogP) is 3.87. The number of nitrogens with zero attached hydrogens (tertiary/aromatic N) is 5. The van der Waals surface area contributed by atoms with E-state index in [9.17, 15) is 9.59 Å². The van der Waals surface area contributed by atoms with Crippen molar-refractivity contribution in [1.29, 1.82) is 0 Å². The van der Waals surface area contributed by atoms with Crippen molar-refractivity contribution in [2.24, 2.45) is 5.41 Å². The fourth-order valence-corrected chi connectivity index (χ4v) is 5.13. The summed E-state index contributed by atoms with van der Waals surface area (Å²) in [6, 6.07) is 12.3. The number of nitrogens with one attached hydrogen (secondary N) is 1.